The van der Waals surface area contributed by atoms with Gasteiger partial charge in [-0.2, -0.15) is 0 Å². The van der Waals surface area contributed by atoms with Crippen LogP contribution in [0.3, 0.4) is 0 Å². The van der Waals surface area contributed by atoms with E-state index in [4.69, 9.17) is 10.8 Å². The highest BCUT2D eigenvalue weighted by Crippen LogP contribution is 2.02. The lowest BCUT2D eigenvalue weighted by Crippen LogP contribution is -2.50. The normalized spacial score (nSPS) is 11.8. The van der Waals surface area contributed by atoms with Crippen molar-refractivity contribution in [2.24, 2.45) is 5.73 Å². The molecule has 1 atom stereocenters. The largest absolute Gasteiger partial charge is 0.480 e. The van der Waals surface area contributed by atoms with E-state index in [1.54, 1.807) is 0 Å². The smallest absolute Gasteiger partial charge is 0.322 e. The second-order valence-electron chi connectivity index (χ2n) is 3.48. The molecule has 0 spiro atoms. The lowest BCUT2D eigenvalue weighted by Gasteiger charge is -2.14. The number of hydrazine groups is 1. The fourth-order valence-electron chi connectivity index (χ4n) is 1.27. The first kappa shape index (κ1) is 13.1. The molecule has 0 aliphatic heterocycles. The van der Waals surface area contributed by atoms with Crippen LogP contribution in [0.25, 0.3) is 0 Å². The highest BCUT2D eigenvalue weighted by atomic mass is 16.4. The van der Waals surface area contributed by atoms with Crippen molar-refractivity contribution in [1.29, 1.82) is 0 Å². The molecule has 1 rings (SSSR count). The Kier molecular flexibility index (Phi) is 5.12. The Hall–Kier alpha value is -1.92. The number of carbonyl (C=O) groups is 2. The van der Waals surface area contributed by atoms with Gasteiger partial charge in [0, 0.05) is 6.42 Å². The molecule has 0 aliphatic rings. The van der Waals surface area contributed by atoms with Crippen molar-refractivity contribution in [2.75, 3.05) is 6.54 Å². The van der Waals surface area contributed by atoms with Gasteiger partial charge in [-0.1, -0.05) is 30.3 Å². The van der Waals surface area contributed by atoms with Crippen molar-refractivity contribution < 1.29 is 14.7 Å². The van der Waals surface area contributed by atoms with Crippen LogP contribution in [0.15, 0.2) is 30.3 Å². The minimum atomic E-state index is -1.04. The molecule has 92 valence electrons. The average molecular weight is 237 g/mol. The van der Waals surface area contributed by atoms with Gasteiger partial charge in [-0.05, 0) is 5.56 Å². The summed E-state index contributed by atoms with van der Waals surface area (Å²) >= 11 is 0. The van der Waals surface area contributed by atoms with Crippen LogP contribution in [0.5, 0.6) is 0 Å². The maximum absolute atomic E-state index is 11.0. The number of amides is 1. The number of carboxylic acid groups (broad SMARTS) is 1. The van der Waals surface area contributed by atoms with E-state index in [1.807, 2.05) is 30.3 Å². The fourth-order valence-corrected chi connectivity index (χ4v) is 1.27. The Morgan fingerprint density at radius 2 is 1.94 bits per heavy atom. The summed E-state index contributed by atoms with van der Waals surface area (Å²) in [6.07, 6.45) is 0.279. The van der Waals surface area contributed by atoms with Gasteiger partial charge in [0.15, 0.2) is 0 Å². The van der Waals surface area contributed by atoms with Crippen LogP contribution < -0.4 is 16.6 Å². The molecule has 0 bridgehead atoms. The molecule has 0 heterocycles. The van der Waals surface area contributed by atoms with Gasteiger partial charge < -0.3 is 10.8 Å². The summed E-state index contributed by atoms with van der Waals surface area (Å²) in [7, 11) is 0. The molecule has 5 N–H and O–H groups in total. The molecule has 6 heteroatoms. The highest BCUT2D eigenvalue weighted by Gasteiger charge is 2.17. The predicted molar refractivity (Wildman–Crippen MR) is 61.9 cm³/mol. The molecule has 0 saturated heterocycles. The van der Waals surface area contributed by atoms with Crippen LogP contribution in [-0.4, -0.2) is 29.6 Å². The SMILES string of the molecule is NCC(=O)NN[C@@H](Cc1ccccc1)C(=O)O. The Morgan fingerprint density at radius 3 is 2.47 bits per heavy atom. The quantitative estimate of drug-likeness (QED) is 0.488. The molecule has 1 amide bonds. The number of hydrogen-bond donors (Lipinski definition) is 4. The summed E-state index contributed by atoms with van der Waals surface area (Å²) in [5, 5.41) is 8.98. The van der Waals surface area contributed by atoms with Crippen LogP contribution in [0.1, 0.15) is 5.56 Å². The van der Waals surface area contributed by atoms with Gasteiger partial charge in [-0.15, -0.1) is 0 Å². The number of aliphatic carboxylic acids is 1. The van der Waals surface area contributed by atoms with E-state index in [-0.39, 0.29) is 13.0 Å². The summed E-state index contributed by atoms with van der Waals surface area (Å²) in [6.45, 7) is -0.190. The van der Waals surface area contributed by atoms with Gasteiger partial charge in [0.25, 0.3) is 0 Å². The summed E-state index contributed by atoms with van der Waals surface area (Å²) in [6, 6.07) is 8.26. The third-order valence-corrected chi connectivity index (χ3v) is 2.15. The molecule has 0 radical (unpaired) electrons. The van der Waals surface area contributed by atoms with Crippen molar-refractivity contribution in [3.8, 4) is 0 Å². The van der Waals surface area contributed by atoms with E-state index >= 15 is 0 Å². The van der Waals surface area contributed by atoms with Gasteiger partial charge in [0.05, 0.1) is 6.54 Å². The van der Waals surface area contributed by atoms with Crippen molar-refractivity contribution in [2.45, 2.75) is 12.5 Å². The Labute approximate surface area is 98.8 Å². The Bertz CT molecular complexity index is 381. The van der Waals surface area contributed by atoms with Crippen LogP contribution in [0.4, 0.5) is 0 Å². The van der Waals surface area contributed by atoms with Gasteiger partial charge in [-0.3, -0.25) is 15.0 Å². The van der Waals surface area contributed by atoms with Crippen molar-refractivity contribution in [1.82, 2.24) is 10.9 Å². The zero-order valence-electron chi connectivity index (χ0n) is 9.22. The first-order chi connectivity index (χ1) is 8.13. The number of rotatable bonds is 6. The first-order valence-electron chi connectivity index (χ1n) is 5.14. The molecule has 6 nitrogen and oxygen atoms in total. The maximum Gasteiger partial charge on any atom is 0.322 e. The fraction of sp³-hybridized carbons (Fsp3) is 0.273. The number of nitrogens with one attached hydrogen (secondary N) is 2. The predicted octanol–water partition coefficient (Wildman–Crippen LogP) is -0.738. The van der Waals surface area contributed by atoms with E-state index in [1.165, 1.54) is 0 Å². The first-order valence-corrected chi connectivity index (χ1v) is 5.14. The van der Waals surface area contributed by atoms with Gasteiger partial charge >= 0.3 is 5.97 Å². The number of carboxylic acids is 1. The minimum Gasteiger partial charge on any atom is -0.480 e. The third kappa shape index (κ3) is 4.62. The Balaban J connectivity index is 2.55. The van der Waals surface area contributed by atoms with Gasteiger partial charge in [0.1, 0.15) is 6.04 Å². The number of hydrogen-bond acceptors (Lipinski definition) is 4. The molecule has 0 aliphatic carbocycles. The van der Waals surface area contributed by atoms with Crippen LogP contribution in [0.2, 0.25) is 0 Å². The molecular weight excluding hydrogens is 222 g/mol. The number of carbonyl (C=O) groups excluding carboxylic acids is 1. The third-order valence-electron chi connectivity index (χ3n) is 2.15. The van der Waals surface area contributed by atoms with E-state index in [0.717, 1.165) is 5.56 Å². The summed E-state index contributed by atoms with van der Waals surface area (Å²) in [4.78, 5) is 21.9. The number of nitrogens with two attached hydrogens (primary N) is 1. The lowest BCUT2D eigenvalue weighted by atomic mass is 10.1. The van der Waals surface area contributed by atoms with Crippen molar-refractivity contribution in [3.63, 3.8) is 0 Å². The van der Waals surface area contributed by atoms with Gasteiger partial charge in [0.2, 0.25) is 5.91 Å². The second-order valence-corrected chi connectivity index (χ2v) is 3.48. The van der Waals surface area contributed by atoms with Gasteiger partial charge in [-0.25, -0.2) is 5.43 Å². The highest BCUT2D eigenvalue weighted by molar-refractivity contribution is 5.78. The van der Waals surface area contributed by atoms with Crippen molar-refractivity contribution >= 4 is 11.9 Å². The average Bonchev–Trinajstić information content (AvgIpc) is 2.34. The minimum absolute atomic E-state index is 0.190. The summed E-state index contributed by atoms with van der Waals surface area (Å²) in [5.41, 5.74) is 10.6. The van der Waals surface area contributed by atoms with Crippen LogP contribution >= 0.6 is 0 Å². The van der Waals surface area contributed by atoms with E-state index < -0.39 is 17.9 Å². The molecule has 1 aromatic rings. The zero-order chi connectivity index (χ0) is 12.7. The van der Waals surface area contributed by atoms with Crippen LogP contribution in [0, 0.1) is 0 Å². The standard InChI is InChI=1S/C11H15N3O3/c12-7-10(15)14-13-9(11(16)17)6-8-4-2-1-3-5-8/h1-5,9,13H,6-7,12H2,(H,14,15)(H,16,17)/t9-/m0/s1. The molecule has 17 heavy (non-hydrogen) atoms. The summed E-state index contributed by atoms with van der Waals surface area (Å²) in [5.74, 6) is -1.49. The number of benzene rings is 1. The summed E-state index contributed by atoms with van der Waals surface area (Å²) < 4.78 is 0. The van der Waals surface area contributed by atoms with E-state index in [9.17, 15) is 9.59 Å². The molecular formula is C11H15N3O3. The topological polar surface area (TPSA) is 104 Å². The van der Waals surface area contributed by atoms with E-state index in [0.29, 0.717) is 0 Å². The molecule has 0 fully saturated rings. The Morgan fingerprint density at radius 1 is 1.29 bits per heavy atom. The zero-order valence-corrected chi connectivity index (χ0v) is 9.22. The molecule has 0 aromatic heterocycles. The lowest BCUT2D eigenvalue weighted by molar-refractivity contribution is -0.140. The molecule has 1 aromatic carbocycles. The monoisotopic (exact) mass is 237 g/mol. The van der Waals surface area contributed by atoms with Crippen LogP contribution in [-0.2, 0) is 16.0 Å². The van der Waals surface area contributed by atoms with Crippen molar-refractivity contribution in [3.05, 3.63) is 35.9 Å². The van der Waals surface area contributed by atoms with E-state index in [2.05, 4.69) is 10.9 Å². The molecule has 0 unspecified atom stereocenters. The maximum atomic E-state index is 11.0. The molecule has 0 saturated carbocycles. The second kappa shape index (κ2) is 6.62.